The highest BCUT2D eigenvalue weighted by Crippen LogP contribution is 2.62. The summed E-state index contributed by atoms with van der Waals surface area (Å²) in [5.41, 5.74) is 3.15. The minimum atomic E-state index is -0.297. The van der Waals surface area contributed by atoms with Crippen molar-refractivity contribution in [1.29, 1.82) is 0 Å². The maximum atomic E-state index is 11.8. The van der Waals surface area contributed by atoms with Crippen molar-refractivity contribution in [3.8, 4) is 0 Å². The highest BCUT2D eigenvalue weighted by atomic mass is 32.3. The lowest BCUT2D eigenvalue weighted by atomic mass is 10.0. The Kier molecular flexibility index (Phi) is 4.12. The van der Waals surface area contributed by atoms with Crippen LogP contribution >= 0.6 is 23.5 Å². The van der Waals surface area contributed by atoms with Gasteiger partial charge < -0.3 is 14.2 Å². The summed E-state index contributed by atoms with van der Waals surface area (Å²) in [6, 6.07) is 11.0. The van der Waals surface area contributed by atoms with Crippen LogP contribution in [0.4, 0.5) is 0 Å². The first-order valence-corrected chi connectivity index (χ1v) is 10.1. The number of carbonyl (C=O) groups excluding carboxylic acids is 1. The number of ether oxygens (including phenoxy) is 1. The third-order valence-corrected chi connectivity index (χ3v) is 8.31. The molecule has 2 aliphatic rings. The van der Waals surface area contributed by atoms with Crippen LogP contribution in [0.2, 0.25) is 0 Å². The summed E-state index contributed by atoms with van der Waals surface area (Å²) in [6.45, 7) is 0. The molecular formula is C19H20N2O2S2. The molecule has 1 aromatic heterocycles. The van der Waals surface area contributed by atoms with Crippen LogP contribution < -0.4 is 0 Å². The van der Waals surface area contributed by atoms with E-state index in [0.717, 1.165) is 5.08 Å². The minimum Gasteiger partial charge on any atom is -0.465 e. The van der Waals surface area contributed by atoms with E-state index in [1.54, 1.807) is 0 Å². The zero-order chi connectivity index (χ0) is 17.6. The smallest absolute Gasteiger partial charge is 0.339 e. The third kappa shape index (κ3) is 2.50. The van der Waals surface area contributed by atoms with Gasteiger partial charge in [0.2, 0.25) is 0 Å². The summed E-state index contributed by atoms with van der Waals surface area (Å²) in [5, 5.41) is 2.34. The highest BCUT2D eigenvalue weighted by Gasteiger charge is 2.50. The molecule has 2 aliphatic heterocycles. The molecule has 4 rings (SSSR count). The number of likely N-dealkylation sites (N-methyl/N-ethyl adjacent to an activating group) is 1. The Morgan fingerprint density at radius 1 is 1.28 bits per heavy atom. The van der Waals surface area contributed by atoms with Gasteiger partial charge in [0.25, 0.3) is 0 Å². The SMILES string of the molecule is COC(=O)C1=CN(C)C(C2(c3cc4ccccc4n3C)SCS2)C=C1. The van der Waals surface area contributed by atoms with E-state index in [9.17, 15) is 4.79 Å². The number of methoxy groups -OCH3 is 1. The number of para-hydroxylation sites is 1. The van der Waals surface area contributed by atoms with Crippen molar-refractivity contribution in [3.63, 3.8) is 0 Å². The van der Waals surface area contributed by atoms with E-state index in [1.165, 1.54) is 23.7 Å². The molecule has 130 valence electrons. The van der Waals surface area contributed by atoms with Crippen LogP contribution in [0.3, 0.4) is 0 Å². The second-order valence-electron chi connectivity index (χ2n) is 6.27. The Bertz CT molecular complexity index is 896. The molecule has 2 aromatic rings. The predicted octanol–water partition coefficient (Wildman–Crippen LogP) is 3.70. The van der Waals surface area contributed by atoms with Crippen molar-refractivity contribution in [2.75, 3.05) is 19.2 Å². The van der Waals surface area contributed by atoms with Crippen LogP contribution in [0.25, 0.3) is 10.9 Å². The molecule has 1 fully saturated rings. The van der Waals surface area contributed by atoms with Gasteiger partial charge in [-0.25, -0.2) is 4.79 Å². The number of fused-ring (bicyclic) bond motifs is 1. The summed E-state index contributed by atoms with van der Waals surface area (Å²) >= 11 is 3.93. The van der Waals surface area contributed by atoms with Gasteiger partial charge in [0.15, 0.2) is 0 Å². The number of aryl methyl sites for hydroxylation is 1. The first-order valence-electron chi connectivity index (χ1n) is 8.10. The number of esters is 1. The van der Waals surface area contributed by atoms with Gasteiger partial charge in [-0.3, -0.25) is 0 Å². The third-order valence-electron chi connectivity index (χ3n) is 4.91. The fraction of sp³-hybridized carbons (Fsp3) is 0.316. The fourth-order valence-corrected chi connectivity index (χ4v) is 6.59. The van der Waals surface area contributed by atoms with Crippen LogP contribution in [-0.4, -0.2) is 40.7 Å². The normalized spacial score (nSPS) is 21.8. The van der Waals surface area contributed by atoms with Gasteiger partial charge in [-0.2, -0.15) is 0 Å². The van der Waals surface area contributed by atoms with E-state index in [1.807, 2.05) is 42.8 Å². The average molecular weight is 373 g/mol. The molecule has 6 heteroatoms. The monoisotopic (exact) mass is 372 g/mol. The lowest BCUT2D eigenvalue weighted by Gasteiger charge is -2.49. The van der Waals surface area contributed by atoms with Gasteiger partial charge in [-0.05, 0) is 23.6 Å². The quantitative estimate of drug-likeness (QED) is 0.768. The predicted molar refractivity (Wildman–Crippen MR) is 105 cm³/mol. The Labute approximate surface area is 155 Å². The van der Waals surface area contributed by atoms with E-state index >= 15 is 0 Å². The number of hydrogen-bond acceptors (Lipinski definition) is 5. The van der Waals surface area contributed by atoms with Crippen molar-refractivity contribution in [3.05, 3.63) is 60.0 Å². The molecule has 3 heterocycles. The van der Waals surface area contributed by atoms with Crippen molar-refractivity contribution in [2.45, 2.75) is 10.1 Å². The molecular weight excluding hydrogens is 352 g/mol. The molecule has 4 nitrogen and oxygen atoms in total. The van der Waals surface area contributed by atoms with E-state index in [4.69, 9.17) is 4.74 Å². The lowest BCUT2D eigenvalue weighted by Crippen LogP contribution is -2.48. The fourth-order valence-electron chi connectivity index (χ4n) is 3.59. The maximum Gasteiger partial charge on any atom is 0.339 e. The van der Waals surface area contributed by atoms with Gasteiger partial charge in [-0.15, -0.1) is 23.5 Å². The van der Waals surface area contributed by atoms with Crippen molar-refractivity contribution in [1.82, 2.24) is 9.47 Å². The van der Waals surface area contributed by atoms with Gasteiger partial charge in [0.1, 0.15) is 4.08 Å². The van der Waals surface area contributed by atoms with Crippen LogP contribution in [0.5, 0.6) is 0 Å². The highest BCUT2D eigenvalue weighted by molar-refractivity contribution is 8.33. The van der Waals surface area contributed by atoms with Crippen LogP contribution in [-0.2, 0) is 20.7 Å². The Morgan fingerprint density at radius 3 is 2.64 bits per heavy atom. The van der Waals surface area contributed by atoms with E-state index in [0.29, 0.717) is 5.57 Å². The minimum absolute atomic E-state index is 0.0723. The van der Waals surface area contributed by atoms with Crippen molar-refractivity contribution >= 4 is 40.4 Å². The number of benzene rings is 1. The Hall–Kier alpha value is -1.79. The standard InChI is InChI=1S/C19H20N2O2S2/c1-20-11-14(18(22)23-3)8-9-16(20)19(24-12-25-19)17-10-13-6-4-5-7-15(13)21(17)2/h4-11,16H,12H2,1-3H3. The second kappa shape index (κ2) is 6.18. The topological polar surface area (TPSA) is 34.5 Å². The van der Waals surface area contributed by atoms with Crippen molar-refractivity contribution in [2.24, 2.45) is 7.05 Å². The van der Waals surface area contributed by atoms with Gasteiger partial charge in [-0.1, -0.05) is 24.3 Å². The first-order chi connectivity index (χ1) is 12.1. The molecule has 0 bridgehead atoms. The molecule has 0 radical (unpaired) electrons. The number of aromatic nitrogens is 1. The molecule has 0 aliphatic carbocycles. The number of carbonyl (C=O) groups is 1. The van der Waals surface area contributed by atoms with Crippen LogP contribution in [0.1, 0.15) is 5.69 Å². The molecule has 1 saturated heterocycles. The van der Waals surface area contributed by atoms with Crippen molar-refractivity contribution < 1.29 is 9.53 Å². The second-order valence-corrected chi connectivity index (χ2v) is 9.33. The molecule has 1 atom stereocenters. The molecule has 25 heavy (non-hydrogen) atoms. The maximum absolute atomic E-state index is 11.8. The largest absolute Gasteiger partial charge is 0.465 e. The number of thioether (sulfide) groups is 2. The molecule has 1 unspecified atom stereocenters. The lowest BCUT2D eigenvalue weighted by molar-refractivity contribution is -0.135. The van der Waals surface area contributed by atoms with Crippen LogP contribution in [0, 0.1) is 0 Å². The number of nitrogens with zero attached hydrogens (tertiary/aromatic N) is 2. The van der Waals surface area contributed by atoms with Gasteiger partial charge in [0.05, 0.1) is 18.7 Å². The molecule has 0 N–H and O–H groups in total. The molecule has 0 saturated carbocycles. The Balaban J connectivity index is 1.75. The zero-order valence-corrected chi connectivity index (χ0v) is 16.1. The summed E-state index contributed by atoms with van der Waals surface area (Å²) in [7, 11) is 5.58. The number of rotatable bonds is 3. The molecule has 1 aromatic carbocycles. The van der Waals surface area contributed by atoms with E-state index in [2.05, 4.69) is 52.9 Å². The average Bonchev–Trinajstić information content (AvgIpc) is 2.92. The molecule has 0 amide bonds. The molecule has 0 spiro atoms. The Morgan fingerprint density at radius 2 is 2.04 bits per heavy atom. The zero-order valence-electron chi connectivity index (χ0n) is 14.4. The van der Waals surface area contributed by atoms with Gasteiger partial charge >= 0.3 is 5.97 Å². The van der Waals surface area contributed by atoms with Crippen LogP contribution in [0.15, 0.2) is 54.3 Å². The first kappa shape index (κ1) is 16.7. The number of hydrogen-bond donors (Lipinski definition) is 0. The summed E-state index contributed by atoms with van der Waals surface area (Å²) in [5.74, 6) is -0.297. The summed E-state index contributed by atoms with van der Waals surface area (Å²) in [4.78, 5) is 13.9. The van der Waals surface area contributed by atoms with Gasteiger partial charge in [0, 0.05) is 36.6 Å². The van der Waals surface area contributed by atoms with E-state index < -0.39 is 0 Å². The summed E-state index contributed by atoms with van der Waals surface area (Å²) in [6.07, 6.45) is 5.91. The van der Waals surface area contributed by atoms with E-state index in [-0.39, 0.29) is 16.1 Å². The summed E-state index contributed by atoms with van der Waals surface area (Å²) < 4.78 is 7.07.